The Balaban J connectivity index is 2.03. The van der Waals surface area contributed by atoms with Crippen LogP contribution in [0.5, 0.6) is 0 Å². The zero-order valence-corrected chi connectivity index (χ0v) is 10.2. The van der Waals surface area contributed by atoms with E-state index in [0.29, 0.717) is 26.3 Å². The van der Waals surface area contributed by atoms with Crippen LogP contribution in [0.3, 0.4) is 0 Å². The predicted octanol–water partition coefficient (Wildman–Crippen LogP) is 0.202. The molecule has 98 valence electrons. The van der Waals surface area contributed by atoms with Crippen LogP contribution in [0.2, 0.25) is 0 Å². The third-order valence-electron chi connectivity index (χ3n) is 2.67. The number of carbonyl (C=O) groups is 1. The molecule has 5 heteroatoms. The van der Waals surface area contributed by atoms with E-state index in [1.54, 1.807) is 6.08 Å². The van der Waals surface area contributed by atoms with Gasteiger partial charge in [-0.05, 0) is 19.3 Å². The van der Waals surface area contributed by atoms with Crippen LogP contribution >= 0.6 is 0 Å². The zero-order chi connectivity index (χ0) is 12.5. The van der Waals surface area contributed by atoms with Crippen LogP contribution in [0.15, 0.2) is 12.7 Å². The number of nitrogens with one attached hydrogen (secondary N) is 1. The van der Waals surface area contributed by atoms with Gasteiger partial charge in [-0.2, -0.15) is 0 Å². The van der Waals surface area contributed by atoms with Gasteiger partial charge in [0.15, 0.2) is 0 Å². The summed E-state index contributed by atoms with van der Waals surface area (Å²) in [7, 11) is 0. The second kappa shape index (κ2) is 8.22. The van der Waals surface area contributed by atoms with Gasteiger partial charge < -0.3 is 20.5 Å². The van der Waals surface area contributed by atoms with Crippen LogP contribution in [0.1, 0.15) is 19.3 Å². The van der Waals surface area contributed by atoms with Crippen LogP contribution in [-0.2, 0) is 14.3 Å². The van der Waals surface area contributed by atoms with Crippen molar-refractivity contribution in [2.75, 3.05) is 26.3 Å². The van der Waals surface area contributed by atoms with E-state index < -0.39 is 0 Å². The summed E-state index contributed by atoms with van der Waals surface area (Å²) in [5, 5.41) is 2.79. The first-order chi connectivity index (χ1) is 8.27. The molecular weight excluding hydrogens is 220 g/mol. The van der Waals surface area contributed by atoms with Crippen molar-refractivity contribution in [3.8, 4) is 0 Å². The van der Waals surface area contributed by atoms with E-state index in [-0.39, 0.29) is 18.1 Å². The molecule has 0 saturated carbocycles. The highest BCUT2D eigenvalue weighted by atomic mass is 16.5. The first kappa shape index (κ1) is 14.2. The summed E-state index contributed by atoms with van der Waals surface area (Å²) in [6, 6.07) is 0. The molecule has 2 unspecified atom stereocenters. The largest absolute Gasteiger partial charge is 0.379 e. The summed E-state index contributed by atoms with van der Waals surface area (Å²) in [4.78, 5) is 11.6. The van der Waals surface area contributed by atoms with Crippen LogP contribution in [0.4, 0.5) is 0 Å². The lowest BCUT2D eigenvalue weighted by molar-refractivity contribution is -0.132. The molecule has 0 radical (unpaired) electrons. The van der Waals surface area contributed by atoms with Crippen molar-refractivity contribution in [2.24, 2.45) is 5.73 Å². The van der Waals surface area contributed by atoms with Crippen molar-refractivity contribution in [1.82, 2.24) is 5.32 Å². The molecule has 1 heterocycles. The second-order valence-electron chi connectivity index (χ2n) is 4.04. The smallest absolute Gasteiger partial charge is 0.249 e. The van der Waals surface area contributed by atoms with Gasteiger partial charge in [-0.25, -0.2) is 0 Å². The van der Waals surface area contributed by atoms with Gasteiger partial charge in [-0.1, -0.05) is 6.08 Å². The Morgan fingerprint density at radius 2 is 2.35 bits per heavy atom. The molecule has 0 spiro atoms. The molecule has 0 aliphatic carbocycles. The Labute approximate surface area is 102 Å². The summed E-state index contributed by atoms with van der Waals surface area (Å²) in [5.41, 5.74) is 5.48. The minimum atomic E-state index is -0.336. The average Bonchev–Trinajstić information content (AvgIpc) is 2.82. The van der Waals surface area contributed by atoms with Gasteiger partial charge in [-0.15, -0.1) is 6.58 Å². The van der Waals surface area contributed by atoms with E-state index in [4.69, 9.17) is 15.2 Å². The number of rotatable bonds is 8. The molecule has 1 amide bonds. The molecule has 17 heavy (non-hydrogen) atoms. The Kier molecular flexibility index (Phi) is 6.84. The lowest BCUT2D eigenvalue weighted by Gasteiger charge is -2.12. The minimum Gasteiger partial charge on any atom is -0.379 e. The Morgan fingerprint density at radius 1 is 1.53 bits per heavy atom. The summed E-state index contributed by atoms with van der Waals surface area (Å²) < 4.78 is 10.8. The van der Waals surface area contributed by atoms with E-state index >= 15 is 0 Å². The Bertz CT molecular complexity index is 246. The van der Waals surface area contributed by atoms with Gasteiger partial charge in [-0.3, -0.25) is 4.79 Å². The van der Waals surface area contributed by atoms with E-state index in [2.05, 4.69) is 11.9 Å². The Hall–Kier alpha value is -0.910. The molecule has 0 bridgehead atoms. The molecule has 1 fully saturated rings. The Morgan fingerprint density at radius 3 is 3.00 bits per heavy atom. The molecular formula is C12H22N2O3. The maximum absolute atomic E-state index is 11.6. The fourth-order valence-corrected chi connectivity index (χ4v) is 1.70. The van der Waals surface area contributed by atoms with Gasteiger partial charge >= 0.3 is 0 Å². The van der Waals surface area contributed by atoms with E-state index in [0.717, 1.165) is 19.3 Å². The fraction of sp³-hybridized carbons (Fsp3) is 0.750. The first-order valence-corrected chi connectivity index (χ1v) is 6.09. The van der Waals surface area contributed by atoms with Gasteiger partial charge in [0, 0.05) is 13.1 Å². The van der Waals surface area contributed by atoms with Crippen LogP contribution < -0.4 is 11.1 Å². The van der Waals surface area contributed by atoms with E-state index in [1.807, 2.05) is 0 Å². The lowest BCUT2D eigenvalue weighted by Crippen LogP contribution is -2.37. The van der Waals surface area contributed by atoms with Crippen LogP contribution in [0, 0.1) is 0 Å². The van der Waals surface area contributed by atoms with Gasteiger partial charge in [0.1, 0.15) is 6.10 Å². The van der Waals surface area contributed by atoms with Crippen molar-refractivity contribution < 1.29 is 14.3 Å². The predicted molar refractivity (Wildman–Crippen MR) is 65.6 cm³/mol. The molecule has 0 aromatic carbocycles. The van der Waals surface area contributed by atoms with Crippen molar-refractivity contribution in [2.45, 2.75) is 31.5 Å². The van der Waals surface area contributed by atoms with Crippen molar-refractivity contribution >= 4 is 5.91 Å². The number of hydrogen-bond donors (Lipinski definition) is 2. The molecule has 1 rings (SSSR count). The number of ether oxygens (including phenoxy) is 2. The zero-order valence-electron chi connectivity index (χ0n) is 10.2. The third kappa shape index (κ3) is 5.30. The van der Waals surface area contributed by atoms with Gasteiger partial charge in [0.25, 0.3) is 0 Å². The highest BCUT2D eigenvalue weighted by Crippen LogP contribution is 2.18. The number of amides is 1. The van der Waals surface area contributed by atoms with Crippen molar-refractivity contribution in [1.29, 1.82) is 0 Å². The number of nitrogens with two attached hydrogens (primary N) is 1. The quantitative estimate of drug-likeness (QED) is 0.471. The van der Waals surface area contributed by atoms with E-state index in [1.165, 1.54) is 0 Å². The molecule has 3 N–H and O–H groups in total. The van der Waals surface area contributed by atoms with Crippen LogP contribution in [-0.4, -0.2) is 44.4 Å². The highest BCUT2D eigenvalue weighted by Gasteiger charge is 2.29. The second-order valence-corrected chi connectivity index (χ2v) is 4.04. The van der Waals surface area contributed by atoms with Gasteiger partial charge in [0.2, 0.25) is 5.91 Å². The normalized spacial score (nSPS) is 23.6. The molecule has 2 atom stereocenters. The topological polar surface area (TPSA) is 73.6 Å². The lowest BCUT2D eigenvalue weighted by atomic mass is 10.2. The molecule has 1 aliphatic heterocycles. The maximum atomic E-state index is 11.6. The summed E-state index contributed by atoms with van der Waals surface area (Å²) in [6.07, 6.45) is 3.96. The van der Waals surface area contributed by atoms with Crippen LogP contribution in [0.25, 0.3) is 0 Å². The van der Waals surface area contributed by atoms with Crippen molar-refractivity contribution in [3.05, 3.63) is 12.7 Å². The fourth-order valence-electron chi connectivity index (χ4n) is 1.70. The standard InChI is InChI=1S/C12H22N2O3/c1-2-3-7-16-8-6-14-12(15)11-5-4-10(9-13)17-11/h2,10-11H,1,3-9,13H2,(H,14,15). The van der Waals surface area contributed by atoms with Crippen molar-refractivity contribution in [3.63, 3.8) is 0 Å². The monoisotopic (exact) mass is 242 g/mol. The summed E-state index contributed by atoms with van der Waals surface area (Å²) in [6.45, 7) is 5.76. The molecule has 0 aromatic rings. The highest BCUT2D eigenvalue weighted by molar-refractivity contribution is 5.80. The third-order valence-corrected chi connectivity index (χ3v) is 2.67. The SMILES string of the molecule is C=CCCOCCNC(=O)C1CCC(CN)O1. The first-order valence-electron chi connectivity index (χ1n) is 6.09. The molecule has 5 nitrogen and oxygen atoms in total. The van der Waals surface area contributed by atoms with Gasteiger partial charge in [0.05, 0.1) is 19.3 Å². The minimum absolute atomic E-state index is 0.0367. The molecule has 1 aliphatic rings. The summed E-state index contributed by atoms with van der Waals surface area (Å²) >= 11 is 0. The van der Waals surface area contributed by atoms with E-state index in [9.17, 15) is 4.79 Å². The molecule has 0 aromatic heterocycles. The maximum Gasteiger partial charge on any atom is 0.249 e. The number of hydrogen-bond acceptors (Lipinski definition) is 4. The summed E-state index contributed by atoms with van der Waals surface area (Å²) in [5.74, 6) is -0.0618. The number of carbonyl (C=O) groups excluding carboxylic acids is 1. The average molecular weight is 242 g/mol. The molecule has 1 saturated heterocycles.